The van der Waals surface area contributed by atoms with Crippen LogP contribution in [-0.2, 0) is 14.3 Å². The smallest absolute Gasteiger partial charge is 0.339 e. The molecule has 0 spiro atoms. The predicted molar refractivity (Wildman–Crippen MR) is 61.6 cm³/mol. The Kier molecular flexibility index (Phi) is 3.76. The van der Waals surface area contributed by atoms with Gasteiger partial charge in [-0.2, -0.15) is 0 Å². The number of aliphatic hydroxyl groups is 1. The molecule has 1 atom stereocenters. The van der Waals surface area contributed by atoms with Crippen molar-refractivity contribution in [2.45, 2.75) is 18.9 Å². The molecule has 0 aromatic heterocycles. The third kappa shape index (κ3) is 2.65. The van der Waals surface area contributed by atoms with Crippen LogP contribution in [0.4, 0.5) is 0 Å². The molecule has 0 radical (unpaired) electrons. The van der Waals surface area contributed by atoms with Gasteiger partial charge in [-0.25, -0.2) is 4.79 Å². The molecule has 4 nitrogen and oxygen atoms in total. The Balaban J connectivity index is 2.03. The van der Waals surface area contributed by atoms with Crippen molar-refractivity contribution in [3.63, 3.8) is 0 Å². The van der Waals surface area contributed by atoms with Crippen molar-refractivity contribution in [2.24, 2.45) is 0 Å². The molecule has 0 bridgehead atoms. The summed E-state index contributed by atoms with van der Waals surface area (Å²) in [5, 5.41) is 9.72. The van der Waals surface area contributed by atoms with Crippen molar-refractivity contribution >= 4 is 5.97 Å². The van der Waals surface area contributed by atoms with E-state index >= 15 is 0 Å². The van der Waals surface area contributed by atoms with Crippen LogP contribution >= 0.6 is 0 Å². The summed E-state index contributed by atoms with van der Waals surface area (Å²) >= 11 is 0. The van der Waals surface area contributed by atoms with Crippen molar-refractivity contribution in [3.05, 3.63) is 35.4 Å². The molecule has 1 aliphatic heterocycles. The lowest BCUT2D eigenvalue weighted by Gasteiger charge is -2.26. The van der Waals surface area contributed by atoms with Gasteiger partial charge in [-0.15, -0.1) is 0 Å². The zero-order valence-electron chi connectivity index (χ0n) is 9.76. The zero-order valence-corrected chi connectivity index (χ0v) is 9.76. The number of carbonyl (C=O) groups is 1. The highest BCUT2D eigenvalue weighted by Gasteiger charge is 2.22. The van der Waals surface area contributed by atoms with Gasteiger partial charge in [-0.3, -0.25) is 0 Å². The van der Waals surface area contributed by atoms with Gasteiger partial charge in [0.05, 0.1) is 19.8 Å². The molecule has 0 amide bonds. The average molecular weight is 236 g/mol. The van der Waals surface area contributed by atoms with E-state index in [2.05, 4.69) is 0 Å². The summed E-state index contributed by atoms with van der Waals surface area (Å²) in [6.45, 7) is 3.48. The predicted octanol–water partition coefficient (Wildman–Crippen LogP) is 1.40. The number of benzene rings is 1. The second kappa shape index (κ2) is 5.29. The van der Waals surface area contributed by atoms with Gasteiger partial charge in [0.1, 0.15) is 0 Å². The van der Waals surface area contributed by atoms with Crippen molar-refractivity contribution in [2.75, 3.05) is 19.8 Å². The van der Waals surface area contributed by atoms with Crippen LogP contribution < -0.4 is 0 Å². The van der Waals surface area contributed by atoms with Crippen LogP contribution in [0.15, 0.2) is 24.3 Å². The first-order valence-electron chi connectivity index (χ1n) is 5.74. The molecule has 0 aliphatic carbocycles. The average Bonchev–Trinajstić information content (AvgIpc) is 2.27. The molecular weight excluding hydrogens is 220 g/mol. The van der Waals surface area contributed by atoms with Gasteiger partial charge in [0, 0.05) is 5.92 Å². The van der Waals surface area contributed by atoms with E-state index in [0.717, 1.165) is 13.2 Å². The molecule has 1 aliphatic rings. The first-order valence-corrected chi connectivity index (χ1v) is 5.74. The number of hydrogen-bond donors (Lipinski definition) is 1. The van der Waals surface area contributed by atoms with Crippen LogP contribution in [0.5, 0.6) is 0 Å². The van der Waals surface area contributed by atoms with Gasteiger partial charge < -0.3 is 14.6 Å². The van der Waals surface area contributed by atoms with Crippen molar-refractivity contribution < 1.29 is 19.4 Å². The van der Waals surface area contributed by atoms with Crippen molar-refractivity contribution in [1.29, 1.82) is 0 Å². The van der Waals surface area contributed by atoms with E-state index in [4.69, 9.17) is 9.47 Å². The van der Waals surface area contributed by atoms with Gasteiger partial charge in [-0.05, 0) is 18.1 Å². The first-order chi connectivity index (χ1) is 8.22. The van der Waals surface area contributed by atoms with Crippen LogP contribution in [0, 0.1) is 0 Å². The van der Waals surface area contributed by atoms with E-state index in [9.17, 15) is 9.90 Å². The second-order valence-corrected chi connectivity index (χ2v) is 4.06. The van der Waals surface area contributed by atoms with Crippen molar-refractivity contribution in [1.82, 2.24) is 0 Å². The van der Waals surface area contributed by atoms with E-state index in [0.29, 0.717) is 11.5 Å². The summed E-state index contributed by atoms with van der Waals surface area (Å²) in [4.78, 5) is 11.3. The number of ether oxygens (including phenoxy) is 2. The number of rotatable bonds is 4. The third-order valence-electron chi connectivity index (χ3n) is 2.87. The number of hydrogen-bond acceptors (Lipinski definition) is 4. The zero-order chi connectivity index (χ0) is 12.3. The maximum absolute atomic E-state index is 11.3. The fourth-order valence-corrected chi connectivity index (χ4v) is 1.74. The molecule has 1 N–H and O–H groups in total. The summed E-state index contributed by atoms with van der Waals surface area (Å²) in [6.07, 6.45) is -1.19. The topological polar surface area (TPSA) is 55.8 Å². The molecule has 1 aromatic carbocycles. The minimum absolute atomic E-state index is 0.271. The molecule has 1 aromatic rings. The minimum atomic E-state index is -1.19. The Labute approximate surface area is 100 Å². The fourth-order valence-electron chi connectivity index (χ4n) is 1.74. The van der Waals surface area contributed by atoms with Crippen LogP contribution in [-0.4, -0.2) is 30.9 Å². The minimum Gasteiger partial charge on any atom is -0.464 e. The van der Waals surface area contributed by atoms with Gasteiger partial charge in [0.2, 0.25) is 0 Å². The van der Waals surface area contributed by atoms with E-state index in [-0.39, 0.29) is 6.61 Å². The van der Waals surface area contributed by atoms with E-state index in [1.807, 2.05) is 12.1 Å². The fraction of sp³-hybridized carbons (Fsp3) is 0.462. The number of carbonyl (C=O) groups excluding carboxylic acids is 1. The Morgan fingerprint density at radius 2 is 2.12 bits per heavy atom. The molecule has 1 fully saturated rings. The van der Waals surface area contributed by atoms with Gasteiger partial charge in [0.25, 0.3) is 0 Å². The lowest BCUT2D eigenvalue weighted by Crippen LogP contribution is -2.25. The molecule has 1 heterocycles. The maximum atomic E-state index is 11.3. The Bertz CT molecular complexity index is 381. The second-order valence-electron chi connectivity index (χ2n) is 4.06. The molecule has 2 rings (SSSR count). The van der Waals surface area contributed by atoms with Crippen LogP contribution in [0.2, 0.25) is 0 Å². The highest BCUT2D eigenvalue weighted by molar-refractivity contribution is 5.76. The molecular formula is C13H16O4. The summed E-state index contributed by atoms with van der Waals surface area (Å²) in [7, 11) is 0. The third-order valence-corrected chi connectivity index (χ3v) is 2.87. The monoisotopic (exact) mass is 236 g/mol. The van der Waals surface area contributed by atoms with Crippen LogP contribution in [0.3, 0.4) is 0 Å². The SMILES string of the molecule is CCOC(=O)C(O)c1ccc(C2COC2)cc1. The molecule has 1 saturated heterocycles. The molecule has 1 unspecified atom stereocenters. The van der Waals surface area contributed by atoms with Gasteiger partial charge in [-0.1, -0.05) is 24.3 Å². The Morgan fingerprint density at radius 3 is 2.59 bits per heavy atom. The molecule has 4 heteroatoms. The van der Waals surface area contributed by atoms with Gasteiger partial charge in [0.15, 0.2) is 6.10 Å². The summed E-state index contributed by atoms with van der Waals surface area (Å²) in [6, 6.07) is 7.36. The highest BCUT2D eigenvalue weighted by atomic mass is 16.5. The lowest BCUT2D eigenvalue weighted by molar-refractivity contribution is -0.153. The number of esters is 1. The molecule has 17 heavy (non-hydrogen) atoms. The highest BCUT2D eigenvalue weighted by Crippen LogP contribution is 2.25. The Hall–Kier alpha value is -1.39. The standard InChI is InChI=1S/C13H16O4/c1-2-17-13(15)12(14)10-5-3-9(4-6-10)11-7-16-8-11/h3-6,11-12,14H,2,7-8H2,1H3. The number of aliphatic hydroxyl groups excluding tert-OH is 1. The normalized spacial score (nSPS) is 17.3. The quantitative estimate of drug-likeness (QED) is 0.803. The Morgan fingerprint density at radius 1 is 1.47 bits per heavy atom. The van der Waals surface area contributed by atoms with E-state index in [1.54, 1.807) is 19.1 Å². The van der Waals surface area contributed by atoms with Crippen LogP contribution in [0.25, 0.3) is 0 Å². The van der Waals surface area contributed by atoms with E-state index < -0.39 is 12.1 Å². The van der Waals surface area contributed by atoms with Gasteiger partial charge >= 0.3 is 5.97 Å². The summed E-state index contributed by atoms with van der Waals surface area (Å²) in [5.41, 5.74) is 1.74. The van der Waals surface area contributed by atoms with E-state index in [1.165, 1.54) is 5.56 Å². The molecule has 0 saturated carbocycles. The molecule has 92 valence electrons. The van der Waals surface area contributed by atoms with Crippen LogP contribution in [0.1, 0.15) is 30.1 Å². The summed E-state index contributed by atoms with van der Waals surface area (Å²) in [5.74, 6) is -0.156. The largest absolute Gasteiger partial charge is 0.464 e. The summed E-state index contributed by atoms with van der Waals surface area (Å²) < 4.78 is 9.87. The first kappa shape index (κ1) is 12.1. The lowest BCUT2D eigenvalue weighted by atomic mass is 9.96. The van der Waals surface area contributed by atoms with Crippen molar-refractivity contribution in [3.8, 4) is 0 Å². The maximum Gasteiger partial charge on any atom is 0.339 e.